The van der Waals surface area contributed by atoms with Crippen LogP contribution in [0, 0.1) is 25.5 Å². The van der Waals surface area contributed by atoms with Crippen LogP contribution in [0.3, 0.4) is 0 Å². The molecule has 38 heavy (non-hydrogen) atoms. The lowest BCUT2D eigenvalue weighted by molar-refractivity contribution is 0.299. The summed E-state index contributed by atoms with van der Waals surface area (Å²) in [4.78, 5) is 11.7. The van der Waals surface area contributed by atoms with Gasteiger partial charge in [0.2, 0.25) is 5.89 Å². The number of halogens is 2. The van der Waals surface area contributed by atoms with Crippen LogP contribution in [0.4, 0.5) is 8.78 Å². The van der Waals surface area contributed by atoms with E-state index >= 15 is 0 Å². The van der Waals surface area contributed by atoms with Gasteiger partial charge in [-0.05, 0) is 67.6 Å². The molecule has 0 spiro atoms. The van der Waals surface area contributed by atoms with E-state index in [1.165, 1.54) is 28.6 Å². The molecule has 1 aliphatic heterocycles. The van der Waals surface area contributed by atoms with E-state index < -0.39 is 39.6 Å². The van der Waals surface area contributed by atoms with Crippen molar-refractivity contribution in [1.82, 2.24) is 24.4 Å². The number of fused-ring (bicyclic) bond motifs is 1. The molecule has 2 atom stereocenters. The van der Waals surface area contributed by atoms with Crippen molar-refractivity contribution in [3.05, 3.63) is 80.8 Å². The van der Waals surface area contributed by atoms with E-state index in [4.69, 9.17) is 8.94 Å². The molecule has 3 heterocycles. The fourth-order valence-electron chi connectivity index (χ4n) is 5.10. The van der Waals surface area contributed by atoms with E-state index in [0.29, 0.717) is 40.6 Å². The molecular formula is C25H27F2N5O5S. The molecule has 1 fully saturated rings. The van der Waals surface area contributed by atoms with Gasteiger partial charge in [-0.3, -0.25) is 0 Å². The molecule has 0 radical (unpaired) electrons. The van der Waals surface area contributed by atoms with E-state index in [1.54, 1.807) is 19.9 Å². The Morgan fingerprint density at radius 2 is 1.89 bits per heavy atom. The second-order valence-corrected chi connectivity index (χ2v) is 11.3. The average Bonchev–Trinajstić information content (AvgIpc) is 3.51. The molecule has 0 saturated carbocycles. The summed E-state index contributed by atoms with van der Waals surface area (Å²) in [6.45, 7) is 5.55. The fourth-order valence-corrected chi connectivity index (χ4v) is 6.57. The Morgan fingerprint density at radius 3 is 2.58 bits per heavy atom. The van der Waals surface area contributed by atoms with Crippen LogP contribution in [0.15, 0.2) is 44.1 Å². The van der Waals surface area contributed by atoms with Gasteiger partial charge in [0.1, 0.15) is 17.7 Å². The first-order valence-corrected chi connectivity index (χ1v) is 13.6. The summed E-state index contributed by atoms with van der Waals surface area (Å²) in [5.41, 5.74) is 2.86. The first-order chi connectivity index (χ1) is 18.0. The average molecular weight is 548 g/mol. The van der Waals surface area contributed by atoms with Crippen molar-refractivity contribution in [1.29, 1.82) is 0 Å². The molecule has 0 bridgehead atoms. The van der Waals surface area contributed by atoms with Crippen LogP contribution in [0.1, 0.15) is 65.9 Å². The topological polar surface area (TPSA) is 134 Å². The van der Waals surface area contributed by atoms with Gasteiger partial charge in [-0.25, -0.2) is 18.7 Å². The van der Waals surface area contributed by atoms with Crippen LogP contribution in [-0.2, 0) is 10.2 Å². The second-order valence-electron chi connectivity index (χ2n) is 9.63. The van der Waals surface area contributed by atoms with Gasteiger partial charge < -0.3 is 8.94 Å². The van der Waals surface area contributed by atoms with E-state index in [9.17, 15) is 22.0 Å². The number of aromatic amines is 1. The predicted octanol–water partition coefficient (Wildman–Crippen LogP) is 3.96. The molecule has 4 aromatic rings. The summed E-state index contributed by atoms with van der Waals surface area (Å²) in [7, 11) is -4.11. The number of H-pyrrole nitrogens is 1. The summed E-state index contributed by atoms with van der Waals surface area (Å²) >= 11 is 0. The van der Waals surface area contributed by atoms with Gasteiger partial charge in [-0.15, -0.1) is 5.10 Å². The summed E-state index contributed by atoms with van der Waals surface area (Å²) in [6.07, 6.45) is 0.866. The second kappa shape index (κ2) is 10.0. The number of hydrogen-bond donors (Lipinski definition) is 2. The Bertz CT molecular complexity index is 1640. The molecule has 0 amide bonds. The maximum atomic E-state index is 14.9. The lowest BCUT2D eigenvalue weighted by Gasteiger charge is -2.32. The minimum Gasteiger partial charge on any atom is -0.391 e. The first kappa shape index (κ1) is 26.2. The van der Waals surface area contributed by atoms with Crippen molar-refractivity contribution >= 4 is 21.2 Å². The summed E-state index contributed by atoms with van der Waals surface area (Å²) < 4.78 is 69.9. The number of nitrogens with zero attached hydrogens (tertiary/aromatic N) is 3. The molecule has 1 unspecified atom stereocenters. The van der Waals surface area contributed by atoms with Gasteiger partial charge in [0.25, 0.3) is 10.2 Å². The molecule has 1 saturated heterocycles. The van der Waals surface area contributed by atoms with Gasteiger partial charge in [0.05, 0.1) is 5.69 Å². The lowest BCUT2D eigenvalue weighted by Crippen LogP contribution is -2.46. The Balaban J connectivity index is 1.38. The van der Waals surface area contributed by atoms with Crippen molar-refractivity contribution in [2.24, 2.45) is 0 Å². The van der Waals surface area contributed by atoms with E-state index in [0.717, 1.165) is 5.56 Å². The highest BCUT2D eigenvalue weighted by atomic mass is 32.2. The summed E-state index contributed by atoms with van der Waals surface area (Å²) in [6, 6.07) is 5.98. The highest BCUT2D eigenvalue weighted by molar-refractivity contribution is 7.87. The predicted molar refractivity (Wildman–Crippen MR) is 134 cm³/mol. The van der Waals surface area contributed by atoms with Gasteiger partial charge in [0.15, 0.2) is 5.58 Å². The number of nitrogens with one attached hydrogen (secondary N) is 2. The van der Waals surface area contributed by atoms with Gasteiger partial charge in [-0.1, -0.05) is 18.1 Å². The van der Waals surface area contributed by atoms with Gasteiger partial charge >= 0.3 is 5.76 Å². The molecule has 202 valence electrons. The molecule has 5 rings (SSSR count). The monoisotopic (exact) mass is 547 g/mol. The van der Waals surface area contributed by atoms with E-state index in [2.05, 4.69) is 20.1 Å². The highest BCUT2D eigenvalue weighted by Gasteiger charge is 2.37. The normalized spacial score (nSPS) is 17.2. The Hall–Kier alpha value is -3.42. The van der Waals surface area contributed by atoms with Gasteiger partial charge in [0, 0.05) is 30.3 Å². The Morgan fingerprint density at radius 1 is 1.16 bits per heavy atom. The van der Waals surface area contributed by atoms with Crippen molar-refractivity contribution in [2.75, 3.05) is 13.1 Å². The third kappa shape index (κ3) is 4.88. The zero-order chi connectivity index (χ0) is 27.2. The standard InChI is InChI=1S/C25H27F2N5O5S/c1-13-4-6-19(27)21(14(13)2)15(3)22(24-28-29-25(33)36-24)31-38(34,35)32-10-8-16(9-11-32)23-18-12-17(26)5-7-20(18)37-30-23/h4-7,12,15-16,22,31H,8-11H2,1-3H3,(H,29,33)/t15?,22-/m0/s1. The zero-order valence-electron chi connectivity index (χ0n) is 21.0. The SMILES string of the molecule is Cc1ccc(F)c(C(C)[C@H](NS(=O)(=O)N2CCC(c3noc4ccc(F)cc34)CC2)c2n[nH]c(=O)o2)c1C. The number of hydrogen-bond acceptors (Lipinski definition) is 7. The Kier molecular flexibility index (Phi) is 6.92. The van der Waals surface area contributed by atoms with Crippen LogP contribution >= 0.6 is 0 Å². The number of rotatable bonds is 7. The molecular weight excluding hydrogens is 520 g/mol. The quantitative estimate of drug-likeness (QED) is 0.358. The first-order valence-electron chi connectivity index (χ1n) is 12.2. The fraction of sp³-hybridized carbons (Fsp3) is 0.400. The molecule has 2 aromatic carbocycles. The van der Waals surface area contributed by atoms with Crippen molar-refractivity contribution in [3.63, 3.8) is 0 Å². The van der Waals surface area contributed by atoms with Crippen molar-refractivity contribution in [2.45, 2.75) is 51.5 Å². The van der Waals surface area contributed by atoms with Gasteiger partial charge in [-0.2, -0.15) is 17.4 Å². The molecule has 0 aliphatic carbocycles. The van der Waals surface area contributed by atoms with E-state index in [-0.39, 0.29) is 24.9 Å². The number of aromatic nitrogens is 3. The minimum absolute atomic E-state index is 0.118. The summed E-state index contributed by atoms with van der Waals surface area (Å²) in [5.74, 6) is -2.83. The Labute approximate surface area is 217 Å². The smallest absolute Gasteiger partial charge is 0.391 e. The third-order valence-corrected chi connectivity index (χ3v) is 8.92. The van der Waals surface area contributed by atoms with Crippen LogP contribution in [0.25, 0.3) is 11.0 Å². The maximum Gasteiger partial charge on any atom is 0.434 e. The van der Waals surface area contributed by atoms with Crippen LogP contribution in [0.2, 0.25) is 0 Å². The maximum absolute atomic E-state index is 14.9. The highest BCUT2D eigenvalue weighted by Crippen LogP contribution is 2.37. The van der Waals surface area contributed by atoms with Crippen molar-refractivity contribution in [3.8, 4) is 0 Å². The number of aryl methyl sites for hydroxylation is 1. The molecule has 13 heteroatoms. The number of benzene rings is 2. The largest absolute Gasteiger partial charge is 0.434 e. The van der Waals surface area contributed by atoms with E-state index in [1.807, 2.05) is 6.92 Å². The van der Waals surface area contributed by atoms with Crippen LogP contribution < -0.4 is 10.5 Å². The molecule has 2 N–H and O–H groups in total. The third-order valence-electron chi connectivity index (χ3n) is 7.32. The van der Waals surface area contributed by atoms with Crippen LogP contribution in [0.5, 0.6) is 0 Å². The zero-order valence-corrected chi connectivity index (χ0v) is 21.8. The van der Waals surface area contributed by atoms with Crippen LogP contribution in [-0.4, -0.2) is 41.2 Å². The minimum atomic E-state index is -4.11. The summed E-state index contributed by atoms with van der Waals surface area (Å²) in [5, 5.41) is 10.7. The molecule has 1 aliphatic rings. The molecule has 10 nitrogen and oxygen atoms in total. The van der Waals surface area contributed by atoms with Crippen molar-refractivity contribution < 1.29 is 26.1 Å². The molecule has 2 aromatic heterocycles. The lowest BCUT2D eigenvalue weighted by atomic mass is 9.88. The number of piperidine rings is 1.